The number of benzene rings is 2. The molecule has 0 atom stereocenters. The Balaban J connectivity index is 2.19. The Morgan fingerprint density at radius 2 is 1.61 bits per heavy atom. The molecule has 0 aliphatic heterocycles. The van der Waals surface area contributed by atoms with E-state index in [-0.39, 0.29) is 22.2 Å². The molecule has 2 aromatic carbocycles. The number of hydrogen-bond acceptors (Lipinski definition) is 4. The molecule has 0 heterocycles. The van der Waals surface area contributed by atoms with Crippen LogP contribution in [0.3, 0.4) is 0 Å². The summed E-state index contributed by atoms with van der Waals surface area (Å²) in [4.78, 5) is 33.5. The average molecular weight is 334 g/mol. The Hall–Kier alpha value is -2.93. The maximum atomic E-state index is 12.2. The van der Waals surface area contributed by atoms with E-state index in [1.54, 1.807) is 24.3 Å². The van der Waals surface area contributed by atoms with Crippen molar-refractivity contribution < 1.29 is 14.5 Å². The third kappa shape index (κ3) is 4.27. The van der Waals surface area contributed by atoms with Crippen LogP contribution >= 0.6 is 11.6 Å². The highest BCUT2D eigenvalue weighted by atomic mass is 35.5. The Morgan fingerprint density at radius 1 is 1.04 bits per heavy atom. The van der Waals surface area contributed by atoms with Crippen LogP contribution in [-0.2, 0) is 4.79 Å². The van der Waals surface area contributed by atoms with E-state index in [1.807, 2.05) is 0 Å². The van der Waals surface area contributed by atoms with Gasteiger partial charge in [-0.25, -0.2) is 0 Å². The first-order valence-corrected chi connectivity index (χ1v) is 6.87. The molecule has 23 heavy (non-hydrogen) atoms. The number of nitro benzene ring substituents is 1. The fourth-order valence-corrected chi connectivity index (χ4v) is 2.05. The van der Waals surface area contributed by atoms with Gasteiger partial charge in [0.05, 0.1) is 4.92 Å². The fourth-order valence-electron chi connectivity index (χ4n) is 1.89. The van der Waals surface area contributed by atoms with E-state index >= 15 is 0 Å². The Morgan fingerprint density at radius 3 is 2.13 bits per heavy atom. The van der Waals surface area contributed by atoms with Crippen LogP contribution in [0.4, 0.5) is 17.1 Å². The summed E-state index contributed by atoms with van der Waals surface area (Å²) in [6, 6.07) is 10.2. The summed E-state index contributed by atoms with van der Waals surface area (Å²) in [5.74, 6) is -0.834. The Kier molecular flexibility index (Phi) is 4.92. The molecule has 2 rings (SSSR count). The van der Waals surface area contributed by atoms with E-state index < -0.39 is 10.8 Å². The smallest absolute Gasteiger partial charge is 0.283 e. The molecule has 0 radical (unpaired) electrons. The van der Waals surface area contributed by atoms with Gasteiger partial charge in [0.1, 0.15) is 5.56 Å². The van der Waals surface area contributed by atoms with Crippen molar-refractivity contribution in [3.05, 3.63) is 63.2 Å². The van der Waals surface area contributed by atoms with Crippen LogP contribution in [0.15, 0.2) is 42.5 Å². The van der Waals surface area contributed by atoms with Gasteiger partial charge in [-0.05, 0) is 36.4 Å². The van der Waals surface area contributed by atoms with Crippen LogP contribution < -0.4 is 10.6 Å². The van der Waals surface area contributed by atoms with Gasteiger partial charge >= 0.3 is 0 Å². The number of anilines is 2. The second kappa shape index (κ2) is 6.89. The third-order valence-corrected chi connectivity index (χ3v) is 3.10. The average Bonchev–Trinajstić information content (AvgIpc) is 2.48. The molecular formula is C15H12ClN3O4. The van der Waals surface area contributed by atoms with Gasteiger partial charge < -0.3 is 10.6 Å². The number of hydrogen-bond donors (Lipinski definition) is 2. The SMILES string of the molecule is CC(=O)Nc1ccc(NC(=O)c2ccc(Cl)cc2[N+](=O)[O-])cc1. The molecule has 0 aliphatic rings. The van der Waals surface area contributed by atoms with Crippen LogP contribution in [-0.4, -0.2) is 16.7 Å². The molecule has 0 aliphatic carbocycles. The summed E-state index contributed by atoms with van der Waals surface area (Å²) in [5, 5.41) is 16.3. The topological polar surface area (TPSA) is 101 Å². The number of nitro groups is 1. The minimum atomic E-state index is -0.666. The largest absolute Gasteiger partial charge is 0.326 e. The van der Waals surface area contributed by atoms with Gasteiger partial charge in [0.25, 0.3) is 11.6 Å². The highest BCUT2D eigenvalue weighted by Crippen LogP contribution is 2.24. The van der Waals surface area contributed by atoms with Gasteiger partial charge in [-0.2, -0.15) is 0 Å². The molecule has 2 amide bonds. The molecule has 8 heteroatoms. The van der Waals surface area contributed by atoms with E-state index in [2.05, 4.69) is 10.6 Å². The molecule has 0 bridgehead atoms. The number of carbonyl (C=O) groups excluding carboxylic acids is 2. The van der Waals surface area contributed by atoms with E-state index in [4.69, 9.17) is 11.6 Å². The van der Waals surface area contributed by atoms with Crippen LogP contribution in [0, 0.1) is 10.1 Å². The molecule has 2 aromatic rings. The summed E-state index contributed by atoms with van der Waals surface area (Å²) in [6.45, 7) is 1.38. The number of nitrogens with one attached hydrogen (secondary N) is 2. The van der Waals surface area contributed by atoms with Crippen molar-refractivity contribution in [2.75, 3.05) is 10.6 Å². The van der Waals surface area contributed by atoms with Gasteiger partial charge in [-0.3, -0.25) is 19.7 Å². The van der Waals surface area contributed by atoms with Crippen LogP contribution in [0.25, 0.3) is 0 Å². The van der Waals surface area contributed by atoms with Crippen molar-refractivity contribution in [3.63, 3.8) is 0 Å². The van der Waals surface area contributed by atoms with E-state index in [0.29, 0.717) is 11.4 Å². The Bertz CT molecular complexity index is 775. The van der Waals surface area contributed by atoms with Gasteiger partial charge in [0.15, 0.2) is 0 Å². The lowest BCUT2D eigenvalue weighted by Gasteiger charge is -2.07. The Labute approximate surface area is 136 Å². The van der Waals surface area contributed by atoms with Crippen molar-refractivity contribution in [3.8, 4) is 0 Å². The summed E-state index contributed by atoms with van der Waals surface area (Å²) in [6.07, 6.45) is 0. The highest BCUT2D eigenvalue weighted by Gasteiger charge is 2.20. The summed E-state index contributed by atoms with van der Waals surface area (Å²) in [5.41, 5.74) is 0.552. The lowest BCUT2D eigenvalue weighted by molar-refractivity contribution is -0.385. The predicted octanol–water partition coefficient (Wildman–Crippen LogP) is 3.46. The number of amides is 2. The lowest BCUT2D eigenvalue weighted by Crippen LogP contribution is -2.14. The summed E-state index contributed by atoms with van der Waals surface area (Å²) < 4.78 is 0. The minimum absolute atomic E-state index is 0.0923. The number of nitrogens with zero attached hydrogens (tertiary/aromatic N) is 1. The number of carbonyl (C=O) groups is 2. The molecule has 0 aromatic heterocycles. The first-order chi connectivity index (χ1) is 10.9. The minimum Gasteiger partial charge on any atom is -0.326 e. The molecule has 0 spiro atoms. The highest BCUT2D eigenvalue weighted by molar-refractivity contribution is 6.31. The van der Waals surface area contributed by atoms with Crippen molar-refractivity contribution in [1.29, 1.82) is 0 Å². The molecule has 0 unspecified atom stereocenters. The molecule has 118 valence electrons. The number of halogens is 1. The normalized spacial score (nSPS) is 10.0. The van der Waals surface area contributed by atoms with Crippen molar-refractivity contribution >= 4 is 40.5 Å². The fraction of sp³-hybridized carbons (Fsp3) is 0.0667. The second-order valence-corrected chi connectivity index (χ2v) is 5.07. The third-order valence-electron chi connectivity index (χ3n) is 2.86. The molecule has 0 saturated heterocycles. The van der Waals surface area contributed by atoms with Crippen molar-refractivity contribution in [2.45, 2.75) is 6.92 Å². The lowest BCUT2D eigenvalue weighted by atomic mass is 10.1. The van der Waals surface area contributed by atoms with Gasteiger partial charge in [0.2, 0.25) is 5.91 Å². The molecule has 0 saturated carbocycles. The van der Waals surface area contributed by atoms with Gasteiger partial charge in [-0.1, -0.05) is 11.6 Å². The van der Waals surface area contributed by atoms with E-state index in [9.17, 15) is 19.7 Å². The quantitative estimate of drug-likeness (QED) is 0.660. The van der Waals surface area contributed by atoms with Gasteiger partial charge in [-0.15, -0.1) is 0 Å². The summed E-state index contributed by atoms with van der Waals surface area (Å²) >= 11 is 5.71. The first kappa shape index (κ1) is 16.4. The number of rotatable bonds is 4. The van der Waals surface area contributed by atoms with Crippen molar-refractivity contribution in [1.82, 2.24) is 0 Å². The van der Waals surface area contributed by atoms with Crippen LogP contribution in [0.1, 0.15) is 17.3 Å². The van der Waals surface area contributed by atoms with E-state index in [0.717, 1.165) is 6.07 Å². The molecule has 7 nitrogen and oxygen atoms in total. The van der Waals surface area contributed by atoms with Crippen LogP contribution in [0.5, 0.6) is 0 Å². The zero-order chi connectivity index (χ0) is 17.0. The second-order valence-electron chi connectivity index (χ2n) is 4.63. The molecule has 0 fully saturated rings. The maximum absolute atomic E-state index is 12.2. The van der Waals surface area contributed by atoms with E-state index in [1.165, 1.54) is 19.1 Å². The zero-order valence-corrected chi connectivity index (χ0v) is 12.8. The molecule has 2 N–H and O–H groups in total. The molecular weight excluding hydrogens is 322 g/mol. The van der Waals surface area contributed by atoms with Crippen molar-refractivity contribution in [2.24, 2.45) is 0 Å². The standard InChI is InChI=1S/C15H12ClN3O4/c1-9(20)17-11-3-5-12(6-4-11)18-15(21)13-7-2-10(16)8-14(13)19(22)23/h2-8H,1H3,(H,17,20)(H,18,21). The van der Waals surface area contributed by atoms with Crippen LogP contribution in [0.2, 0.25) is 5.02 Å². The summed E-state index contributed by atoms with van der Waals surface area (Å²) in [7, 11) is 0. The maximum Gasteiger partial charge on any atom is 0.283 e. The predicted molar refractivity (Wildman–Crippen MR) is 86.8 cm³/mol. The zero-order valence-electron chi connectivity index (χ0n) is 12.0. The monoisotopic (exact) mass is 333 g/mol. The van der Waals surface area contributed by atoms with Gasteiger partial charge in [0, 0.05) is 29.4 Å². The first-order valence-electron chi connectivity index (χ1n) is 6.50.